The van der Waals surface area contributed by atoms with E-state index in [0.29, 0.717) is 15.5 Å². The number of thioether (sulfide) groups is 1. The van der Waals surface area contributed by atoms with E-state index in [0.717, 1.165) is 0 Å². The van der Waals surface area contributed by atoms with E-state index in [-0.39, 0.29) is 5.56 Å². The number of benzene rings is 2. The fourth-order valence-corrected chi connectivity index (χ4v) is 2.84. The molecule has 112 valence electrons. The molecule has 0 spiro atoms. The van der Waals surface area contributed by atoms with Crippen LogP contribution in [0.2, 0.25) is 5.02 Å². The summed E-state index contributed by atoms with van der Waals surface area (Å²) in [5, 5.41) is 12.2. The van der Waals surface area contributed by atoms with Crippen molar-refractivity contribution < 1.29 is 9.18 Å². The molecule has 0 saturated heterocycles. The van der Waals surface area contributed by atoms with Gasteiger partial charge in [0.2, 0.25) is 0 Å². The predicted molar refractivity (Wildman–Crippen MR) is 85.5 cm³/mol. The van der Waals surface area contributed by atoms with E-state index < -0.39 is 17.8 Å². The summed E-state index contributed by atoms with van der Waals surface area (Å²) in [5.41, 5.74) is 0.407. The van der Waals surface area contributed by atoms with Crippen molar-refractivity contribution >= 4 is 29.3 Å². The fourth-order valence-electron chi connectivity index (χ4n) is 1.99. The Morgan fingerprint density at radius 3 is 2.68 bits per heavy atom. The molecule has 2 aromatic carbocycles. The number of nitrogens with zero attached hydrogens (tertiary/aromatic N) is 1. The molecule has 0 aliphatic rings. The highest BCUT2D eigenvalue weighted by Gasteiger charge is 2.21. The Morgan fingerprint density at radius 2 is 2.05 bits per heavy atom. The van der Waals surface area contributed by atoms with Gasteiger partial charge in [-0.1, -0.05) is 35.9 Å². The molecule has 0 bridgehead atoms. The lowest BCUT2D eigenvalue weighted by atomic mass is 10.1. The van der Waals surface area contributed by atoms with E-state index in [4.69, 9.17) is 11.6 Å². The number of hydrogen-bond acceptors (Lipinski definition) is 3. The maximum Gasteiger partial charge on any atom is 0.256 e. The third-order valence-corrected chi connectivity index (χ3v) is 4.17. The second kappa shape index (κ2) is 7.30. The lowest BCUT2D eigenvalue weighted by Crippen LogP contribution is -2.29. The van der Waals surface area contributed by atoms with Crippen LogP contribution in [0.15, 0.2) is 47.4 Å². The Bertz CT molecular complexity index is 745. The first-order valence-electron chi connectivity index (χ1n) is 6.36. The molecular weight excluding hydrogens is 323 g/mol. The van der Waals surface area contributed by atoms with E-state index in [1.807, 2.05) is 6.07 Å². The largest absolute Gasteiger partial charge is 0.332 e. The molecule has 1 atom stereocenters. The van der Waals surface area contributed by atoms with Crippen molar-refractivity contribution in [3.63, 3.8) is 0 Å². The molecule has 0 radical (unpaired) electrons. The van der Waals surface area contributed by atoms with Crippen molar-refractivity contribution in [2.45, 2.75) is 10.9 Å². The first-order chi connectivity index (χ1) is 10.6. The molecule has 1 N–H and O–H groups in total. The summed E-state index contributed by atoms with van der Waals surface area (Å²) in [7, 11) is 0. The molecular formula is C16H12ClFN2OS. The highest BCUT2D eigenvalue weighted by Crippen LogP contribution is 2.25. The lowest BCUT2D eigenvalue weighted by Gasteiger charge is -2.15. The third-order valence-electron chi connectivity index (χ3n) is 3.04. The molecule has 0 aliphatic heterocycles. The standard InChI is InChI=1S/C16H12ClFN2OS/c1-22-14-8-4-7-12(18)15(14)16(21)20-13(9-19)10-5-2-3-6-11(10)17/h2-8,13H,1H3,(H,20,21)/t13-/m1/s1. The van der Waals surface area contributed by atoms with E-state index in [2.05, 4.69) is 5.32 Å². The molecule has 6 heteroatoms. The molecule has 0 aromatic heterocycles. The van der Waals surface area contributed by atoms with Gasteiger partial charge in [0.05, 0.1) is 11.6 Å². The highest BCUT2D eigenvalue weighted by atomic mass is 35.5. The maximum absolute atomic E-state index is 13.9. The number of carbonyl (C=O) groups excluding carboxylic acids is 1. The zero-order chi connectivity index (χ0) is 16.1. The number of nitrogens with one attached hydrogen (secondary N) is 1. The van der Waals surface area contributed by atoms with Crippen LogP contribution in [0, 0.1) is 17.1 Å². The summed E-state index contributed by atoms with van der Waals surface area (Å²) in [6.45, 7) is 0. The van der Waals surface area contributed by atoms with Crippen LogP contribution in [0.25, 0.3) is 0 Å². The summed E-state index contributed by atoms with van der Waals surface area (Å²) in [4.78, 5) is 12.8. The molecule has 0 saturated carbocycles. The van der Waals surface area contributed by atoms with Gasteiger partial charge in [-0.25, -0.2) is 4.39 Å². The van der Waals surface area contributed by atoms with Crippen LogP contribution in [0.1, 0.15) is 22.0 Å². The fraction of sp³-hybridized carbons (Fsp3) is 0.125. The van der Waals surface area contributed by atoms with Gasteiger partial charge in [0.15, 0.2) is 0 Å². The summed E-state index contributed by atoms with van der Waals surface area (Å²) in [6.07, 6.45) is 1.75. The molecule has 3 nitrogen and oxygen atoms in total. The zero-order valence-corrected chi connectivity index (χ0v) is 13.2. The Kier molecular flexibility index (Phi) is 5.42. The van der Waals surface area contributed by atoms with Crippen molar-refractivity contribution in [3.8, 4) is 6.07 Å². The van der Waals surface area contributed by atoms with Crippen LogP contribution < -0.4 is 5.32 Å². The highest BCUT2D eigenvalue weighted by molar-refractivity contribution is 7.98. The van der Waals surface area contributed by atoms with Gasteiger partial charge in [-0.3, -0.25) is 4.79 Å². The molecule has 2 rings (SSSR count). The summed E-state index contributed by atoms with van der Waals surface area (Å²) < 4.78 is 13.9. The van der Waals surface area contributed by atoms with Gasteiger partial charge in [-0.2, -0.15) is 5.26 Å². The molecule has 2 aromatic rings. The average Bonchev–Trinajstić information content (AvgIpc) is 2.52. The van der Waals surface area contributed by atoms with Crippen molar-refractivity contribution in [2.75, 3.05) is 6.26 Å². The molecule has 1 amide bonds. The number of hydrogen-bond donors (Lipinski definition) is 1. The second-order valence-corrected chi connectivity index (χ2v) is 5.63. The minimum atomic E-state index is -0.949. The number of halogens is 2. The van der Waals surface area contributed by atoms with Gasteiger partial charge in [-0.05, 0) is 24.5 Å². The molecule has 0 aliphatic carbocycles. The van der Waals surface area contributed by atoms with Crippen LogP contribution in [0.3, 0.4) is 0 Å². The first-order valence-corrected chi connectivity index (χ1v) is 7.96. The normalized spacial score (nSPS) is 11.5. The molecule has 0 fully saturated rings. The first kappa shape index (κ1) is 16.3. The van der Waals surface area contributed by atoms with Crippen LogP contribution in [0.4, 0.5) is 4.39 Å². The van der Waals surface area contributed by atoms with E-state index >= 15 is 0 Å². The minimum Gasteiger partial charge on any atom is -0.332 e. The Balaban J connectivity index is 2.32. The van der Waals surface area contributed by atoms with Crippen LogP contribution in [0.5, 0.6) is 0 Å². The number of rotatable bonds is 4. The van der Waals surface area contributed by atoms with Gasteiger partial charge in [0.25, 0.3) is 5.91 Å². The van der Waals surface area contributed by atoms with Crippen LogP contribution in [-0.4, -0.2) is 12.2 Å². The van der Waals surface area contributed by atoms with Crippen LogP contribution in [-0.2, 0) is 0 Å². The molecule has 0 unspecified atom stereocenters. The van der Waals surface area contributed by atoms with Crippen molar-refractivity contribution in [1.29, 1.82) is 5.26 Å². The minimum absolute atomic E-state index is 0.0673. The SMILES string of the molecule is CSc1cccc(F)c1C(=O)N[C@H](C#N)c1ccccc1Cl. The Labute approximate surface area is 137 Å². The molecule has 22 heavy (non-hydrogen) atoms. The van der Waals surface area contributed by atoms with Crippen molar-refractivity contribution in [1.82, 2.24) is 5.32 Å². The Morgan fingerprint density at radius 1 is 1.32 bits per heavy atom. The number of amides is 1. The average molecular weight is 335 g/mol. The predicted octanol–water partition coefficient (Wildman–Crippen LogP) is 4.20. The summed E-state index contributed by atoms with van der Waals surface area (Å²) in [5.74, 6) is -1.27. The van der Waals surface area contributed by atoms with Crippen molar-refractivity contribution in [3.05, 3.63) is 64.4 Å². The van der Waals surface area contributed by atoms with Gasteiger partial charge < -0.3 is 5.32 Å². The van der Waals surface area contributed by atoms with Gasteiger partial charge in [0.1, 0.15) is 11.9 Å². The number of nitriles is 1. The summed E-state index contributed by atoms with van der Waals surface area (Å²) in [6, 6.07) is 12.1. The summed E-state index contributed by atoms with van der Waals surface area (Å²) >= 11 is 7.30. The third kappa shape index (κ3) is 3.41. The van der Waals surface area contributed by atoms with Gasteiger partial charge in [-0.15, -0.1) is 11.8 Å². The zero-order valence-electron chi connectivity index (χ0n) is 11.6. The van der Waals surface area contributed by atoms with Gasteiger partial charge in [0, 0.05) is 15.5 Å². The monoisotopic (exact) mass is 334 g/mol. The van der Waals surface area contributed by atoms with E-state index in [1.165, 1.54) is 23.9 Å². The number of carbonyl (C=O) groups is 1. The quantitative estimate of drug-likeness (QED) is 0.853. The van der Waals surface area contributed by atoms with Crippen LogP contribution >= 0.6 is 23.4 Å². The second-order valence-electron chi connectivity index (χ2n) is 4.37. The smallest absolute Gasteiger partial charge is 0.256 e. The van der Waals surface area contributed by atoms with Gasteiger partial charge >= 0.3 is 0 Å². The van der Waals surface area contributed by atoms with E-state index in [1.54, 1.807) is 36.6 Å². The van der Waals surface area contributed by atoms with Crippen molar-refractivity contribution in [2.24, 2.45) is 0 Å². The molecule has 0 heterocycles. The lowest BCUT2D eigenvalue weighted by molar-refractivity contribution is 0.0938. The Hall–Kier alpha value is -2.03. The van der Waals surface area contributed by atoms with E-state index in [9.17, 15) is 14.4 Å². The maximum atomic E-state index is 13.9. The topological polar surface area (TPSA) is 52.9 Å².